The molecule has 114 valence electrons. The highest BCUT2D eigenvalue weighted by molar-refractivity contribution is 5.99. The SMILES string of the molecule is CCN(CC)c1c(-c2ccc(OC)cc2)oc2ccccc12. The van der Waals surface area contributed by atoms with Crippen molar-refractivity contribution < 1.29 is 9.15 Å². The summed E-state index contributed by atoms with van der Waals surface area (Å²) in [6.45, 7) is 6.23. The third-order valence-corrected chi connectivity index (χ3v) is 4.00. The molecule has 0 saturated heterocycles. The summed E-state index contributed by atoms with van der Waals surface area (Å²) < 4.78 is 11.4. The minimum Gasteiger partial charge on any atom is -0.497 e. The molecule has 0 saturated carbocycles. The Hall–Kier alpha value is -2.42. The predicted molar refractivity (Wildman–Crippen MR) is 91.8 cm³/mol. The molecule has 3 rings (SSSR count). The predicted octanol–water partition coefficient (Wildman–Crippen LogP) is 4.95. The van der Waals surface area contributed by atoms with Crippen molar-refractivity contribution in [2.24, 2.45) is 0 Å². The van der Waals surface area contributed by atoms with E-state index in [0.717, 1.165) is 41.1 Å². The summed E-state index contributed by atoms with van der Waals surface area (Å²) in [6, 6.07) is 16.2. The van der Waals surface area contributed by atoms with E-state index in [4.69, 9.17) is 9.15 Å². The fourth-order valence-electron chi connectivity index (χ4n) is 2.82. The normalized spacial score (nSPS) is 10.9. The van der Waals surface area contributed by atoms with E-state index in [9.17, 15) is 0 Å². The van der Waals surface area contributed by atoms with Gasteiger partial charge in [-0.3, -0.25) is 0 Å². The molecule has 3 aromatic rings. The second-order valence-electron chi connectivity index (χ2n) is 5.18. The molecule has 1 heterocycles. The first-order chi connectivity index (χ1) is 10.8. The third kappa shape index (κ3) is 2.43. The van der Waals surface area contributed by atoms with Crippen molar-refractivity contribution in [2.45, 2.75) is 13.8 Å². The fourth-order valence-corrected chi connectivity index (χ4v) is 2.82. The van der Waals surface area contributed by atoms with Gasteiger partial charge >= 0.3 is 0 Å². The number of methoxy groups -OCH3 is 1. The molecule has 0 aliphatic rings. The first-order valence-electron chi connectivity index (χ1n) is 7.69. The van der Waals surface area contributed by atoms with Gasteiger partial charge in [-0.25, -0.2) is 0 Å². The number of nitrogens with zero attached hydrogens (tertiary/aromatic N) is 1. The summed E-state index contributed by atoms with van der Waals surface area (Å²) in [5, 5.41) is 1.16. The molecular weight excluding hydrogens is 274 g/mol. The summed E-state index contributed by atoms with van der Waals surface area (Å²) in [5.74, 6) is 1.77. The Balaban J connectivity index is 2.20. The fraction of sp³-hybridized carbons (Fsp3) is 0.263. The Bertz CT molecular complexity index is 755. The topological polar surface area (TPSA) is 25.6 Å². The molecule has 0 unspecified atom stereocenters. The van der Waals surface area contributed by atoms with Crippen molar-refractivity contribution in [1.29, 1.82) is 0 Å². The molecule has 1 aromatic heterocycles. The Kier molecular flexibility index (Phi) is 4.05. The molecule has 0 fully saturated rings. The highest BCUT2D eigenvalue weighted by atomic mass is 16.5. The number of hydrogen-bond donors (Lipinski definition) is 0. The average molecular weight is 295 g/mol. The molecule has 2 aromatic carbocycles. The van der Waals surface area contributed by atoms with Crippen LogP contribution in [0.1, 0.15) is 13.8 Å². The lowest BCUT2D eigenvalue weighted by atomic mass is 10.1. The van der Waals surface area contributed by atoms with E-state index >= 15 is 0 Å². The number of para-hydroxylation sites is 1. The summed E-state index contributed by atoms with van der Waals surface area (Å²) in [5.41, 5.74) is 3.17. The molecule has 0 N–H and O–H groups in total. The number of anilines is 1. The van der Waals surface area contributed by atoms with Gasteiger partial charge in [-0.2, -0.15) is 0 Å². The molecule has 3 nitrogen and oxygen atoms in total. The maximum atomic E-state index is 6.16. The van der Waals surface area contributed by atoms with Gasteiger partial charge in [0.1, 0.15) is 11.3 Å². The Labute approximate surface area is 131 Å². The van der Waals surface area contributed by atoms with E-state index < -0.39 is 0 Å². The molecule has 0 aliphatic carbocycles. The van der Waals surface area contributed by atoms with E-state index in [0.29, 0.717) is 0 Å². The maximum Gasteiger partial charge on any atom is 0.158 e. The number of rotatable bonds is 5. The summed E-state index contributed by atoms with van der Waals surface area (Å²) >= 11 is 0. The van der Waals surface area contributed by atoms with Crippen LogP contribution in [0.4, 0.5) is 5.69 Å². The van der Waals surface area contributed by atoms with Gasteiger partial charge in [0.2, 0.25) is 0 Å². The first kappa shape index (κ1) is 14.5. The molecular formula is C19H21NO2. The highest BCUT2D eigenvalue weighted by Gasteiger charge is 2.19. The zero-order valence-corrected chi connectivity index (χ0v) is 13.3. The molecule has 3 heteroatoms. The number of ether oxygens (including phenoxy) is 1. The average Bonchev–Trinajstić information content (AvgIpc) is 2.96. The Morgan fingerprint density at radius 3 is 2.27 bits per heavy atom. The van der Waals surface area contributed by atoms with E-state index in [1.54, 1.807) is 7.11 Å². The van der Waals surface area contributed by atoms with Gasteiger partial charge in [0.05, 0.1) is 12.8 Å². The molecule has 0 spiro atoms. The lowest BCUT2D eigenvalue weighted by molar-refractivity contribution is 0.415. The van der Waals surface area contributed by atoms with E-state index in [1.807, 2.05) is 36.4 Å². The monoisotopic (exact) mass is 295 g/mol. The number of hydrogen-bond acceptors (Lipinski definition) is 3. The van der Waals surface area contributed by atoms with Crippen LogP contribution in [0.3, 0.4) is 0 Å². The molecule has 0 atom stereocenters. The molecule has 0 radical (unpaired) electrons. The second-order valence-corrected chi connectivity index (χ2v) is 5.18. The lowest BCUT2D eigenvalue weighted by Crippen LogP contribution is -2.22. The van der Waals surface area contributed by atoms with Gasteiger partial charge in [-0.1, -0.05) is 12.1 Å². The summed E-state index contributed by atoms with van der Waals surface area (Å²) in [4.78, 5) is 2.34. The third-order valence-electron chi connectivity index (χ3n) is 4.00. The molecule has 22 heavy (non-hydrogen) atoms. The summed E-state index contributed by atoms with van der Waals surface area (Å²) in [6.07, 6.45) is 0. The lowest BCUT2D eigenvalue weighted by Gasteiger charge is -2.21. The van der Waals surface area contributed by atoms with Crippen LogP contribution in [0.25, 0.3) is 22.3 Å². The van der Waals surface area contributed by atoms with Gasteiger partial charge in [0.15, 0.2) is 5.76 Å². The van der Waals surface area contributed by atoms with Crippen molar-refractivity contribution in [2.75, 3.05) is 25.1 Å². The van der Waals surface area contributed by atoms with Gasteiger partial charge < -0.3 is 14.1 Å². The highest BCUT2D eigenvalue weighted by Crippen LogP contribution is 2.40. The maximum absolute atomic E-state index is 6.16. The Morgan fingerprint density at radius 2 is 1.64 bits per heavy atom. The van der Waals surface area contributed by atoms with Crippen molar-refractivity contribution in [3.8, 4) is 17.1 Å². The van der Waals surface area contributed by atoms with Crippen LogP contribution in [-0.4, -0.2) is 20.2 Å². The smallest absolute Gasteiger partial charge is 0.158 e. The van der Waals surface area contributed by atoms with Gasteiger partial charge in [0, 0.05) is 24.0 Å². The van der Waals surface area contributed by atoms with Crippen LogP contribution in [-0.2, 0) is 0 Å². The van der Waals surface area contributed by atoms with Crippen molar-refractivity contribution in [3.63, 3.8) is 0 Å². The zero-order valence-electron chi connectivity index (χ0n) is 13.3. The number of furan rings is 1. The second kappa shape index (κ2) is 6.14. The van der Waals surface area contributed by atoms with Crippen LogP contribution in [0, 0.1) is 0 Å². The van der Waals surface area contributed by atoms with E-state index in [1.165, 1.54) is 5.69 Å². The van der Waals surface area contributed by atoms with Crippen molar-refractivity contribution in [1.82, 2.24) is 0 Å². The quantitative estimate of drug-likeness (QED) is 0.665. The van der Waals surface area contributed by atoms with Crippen LogP contribution < -0.4 is 9.64 Å². The van der Waals surface area contributed by atoms with Crippen LogP contribution in [0.5, 0.6) is 5.75 Å². The van der Waals surface area contributed by atoms with Crippen molar-refractivity contribution in [3.05, 3.63) is 48.5 Å². The minimum absolute atomic E-state index is 0.851. The van der Waals surface area contributed by atoms with E-state index in [2.05, 4.69) is 30.9 Å². The number of fused-ring (bicyclic) bond motifs is 1. The molecule has 0 bridgehead atoms. The summed E-state index contributed by atoms with van der Waals surface area (Å²) in [7, 11) is 1.68. The van der Waals surface area contributed by atoms with E-state index in [-0.39, 0.29) is 0 Å². The first-order valence-corrected chi connectivity index (χ1v) is 7.69. The minimum atomic E-state index is 0.851. The zero-order chi connectivity index (χ0) is 15.5. The van der Waals surface area contributed by atoms with Gasteiger partial charge in [-0.15, -0.1) is 0 Å². The van der Waals surface area contributed by atoms with Gasteiger partial charge in [-0.05, 0) is 50.2 Å². The van der Waals surface area contributed by atoms with Crippen molar-refractivity contribution >= 4 is 16.7 Å². The molecule has 0 aliphatic heterocycles. The van der Waals surface area contributed by atoms with Crippen LogP contribution in [0.2, 0.25) is 0 Å². The van der Waals surface area contributed by atoms with Crippen LogP contribution >= 0.6 is 0 Å². The van der Waals surface area contributed by atoms with Gasteiger partial charge in [0.25, 0.3) is 0 Å². The van der Waals surface area contributed by atoms with Crippen LogP contribution in [0.15, 0.2) is 52.9 Å². The standard InChI is InChI=1S/C19H21NO2/c1-4-20(5-2)18-16-8-6-7-9-17(16)22-19(18)14-10-12-15(21-3)13-11-14/h6-13H,4-5H2,1-3H3. The Morgan fingerprint density at radius 1 is 0.955 bits per heavy atom. The largest absolute Gasteiger partial charge is 0.497 e. The molecule has 0 amide bonds. The number of benzene rings is 2.